The smallest absolute Gasteiger partial charge is 0.169 e. The fourth-order valence-corrected chi connectivity index (χ4v) is 2.81. The third-order valence-corrected chi connectivity index (χ3v) is 3.43. The molecule has 2 N–H and O–H groups in total. The number of rotatable bonds is 1. The lowest BCUT2D eigenvalue weighted by molar-refractivity contribution is 0.435. The molecular weight excluding hydrogens is 268 g/mol. The van der Waals surface area contributed by atoms with Crippen LogP contribution in [0.1, 0.15) is 17.5 Å². The molecule has 0 aliphatic heterocycles. The molecule has 1 aliphatic carbocycles. The minimum absolute atomic E-state index is 0.432. The van der Waals surface area contributed by atoms with Crippen LogP contribution in [0.2, 0.25) is 0 Å². The number of nitrogen functional groups attached to an aromatic ring is 1. The predicted octanol–water partition coefficient (Wildman–Crippen LogP) is 3.18. The highest BCUT2D eigenvalue weighted by atomic mass is 79.9. The molecule has 16 heavy (non-hydrogen) atoms. The average Bonchev–Trinajstić information content (AvgIpc) is 2.84. The first kappa shape index (κ1) is 9.90. The number of aromatic nitrogens is 1. The lowest BCUT2D eigenvalue weighted by atomic mass is 10.0. The van der Waals surface area contributed by atoms with Crippen molar-refractivity contribution in [3.8, 4) is 11.3 Å². The Morgan fingerprint density at radius 2 is 2.12 bits per heavy atom. The Morgan fingerprint density at radius 3 is 2.88 bits per heavy atom. The first-order chi connectivity index (χ1) is 7.74. The molecule has 1 aromatic carbocycles. The highest BCUT2D eigenvalue weighted by Gasteiger charge is 2.19. The summed E-state index contributed by atoms with van der Waals surface area (Å²) in [5.41, 5.74) is 9.48. The molecule has 0 fully saturated rings. The Hall–Kier alpha value is -1.29. The summed E-state index contributed by atoms with van der Waals surface area (Å²) in [5, 5.41) is 3.74. The lowest BCUT2D eigenvalue weighted by Crippen LogP contribution is -1.88. The van der Waals surface area contributed by atoms with E-state index in [1.165, 1.54) is 17.5 Å². The quantitative estimate of drug-likeness (QED) is 0.872. The maximum Gasteiger partial charge on any atom is 0.169 e. The molecule has 82 valence electrons. The van der Waals surface area contributed by atoms with Crippen molar-refractivity contribution < 1.29 is 4.52 Å². The maximum absolute atomic E-state index is 5.58. The molecule has 3 nitrogen and oxygen atoms in total. The average molecular weight is 279 g/mol. The Balaban J connectivity index is 2.20. The van der Waals surface area contributed by atoms with Crippen LogP contribution in [0.3, 0.4) is 0 Å². The second-order valence-corrected chi connectivity index (χ2v) is 4.98. The predicted molar refractivity (Wildman–Crippen MR) is 66.1 cm³/mol. The summed E-state index contributed by atoms with van der Waals surface area (Å²) < 4.78 is 6.32. The van der Waals surface area contributed by atoms with Gasteiger partial charge in [0.15, 0.2) is 11.6 Å². The Morgan fingerprint density at radius 1 is 1.25 bits per heavy atom. The standard InChI is InChI=1S/C12H11BrN2O/c13-8-4-7-2-1-3-9(7)10(5-8)11-6-12(14)15-16-11/h4-6H,1-3H2,(H2,14,15). The van der Waals surface area contributed by atoms with Gasteiger partial charge in [-0.1, -0.05) is 21.1 Å². The molecule has 0 bridgehead atoms. The SMILES string of the molecule is Nc1cc(-c2cc(Br)cc3c2CCC3)on1. The van der Waals surface area contributed by atoms with E-state index < -0.39 is 0 Å². The van der Waals surface area contributed by atoms with Gasteiger partial charge in [-0.05, 0) is 42.5 Å². The van der Waals surface area contributed by atoms with E-state index in [1.807, 2.05) is 0 Å². The Kier molecular flexibility index (Phi) is 2.24. The monoisotopic (exact) mass is 278 g/mol. The van der Waals surface area contributed by atoms with E-state index in [0.717, 1.165) is 28.6 Å². The minimum Gasteiger partial charge on any atom is -0.381 e. The molecule has 0 spiro atoms. The Bertz CT molecular complexity index is 548. The van der Waals surface area contributed by atoms with Gasteiger partial charge < -0.3 is 10.3 Å². The molecule has 0 radical (unpaired) electrons. The third kappa shape index (κ3) is 1.53. The van der Waals surface area contributed by atoms with Crippen LogP contribution in [0.25, 0.3) is 11.3 Å². The van der Waals surface area contributed by atoms with Gasteiger partial charge in [-0.25, -0.2) is 0 Å². The summed E-state index contributed by atoms with van der Waals surface area (Å²) in [6.07, 6.45) is 3.46. The van der Waals surface area contributed by atoms with Crippen molar-refractivity contribution in [2.45, 2.75) is 19.3 Å². The van der Waals surface area contributed by atoms with Gasteiger partial charge in [0.2, 0.25) is 0 Å². The maximum atomic E-state index is 5.58. The van der Waals surface area contributed by atoms with Crippen molar-refractivity contribution >= 4 is 21.7 Å². The first-order valence-electron chi connectivity index (χ1n) is 5.28. The minimum atomic E-state index is 0.432. The van der Waals surface area contributed by atoms with Crippen molar-refractivity contribution in [2.75, 3.05) is 5.73 Å². The van der Waals surface area contributed by atoms with Crippen molar-refractivity contribution in [2.24, 2.45) is 0 Å². The van der Waals surface area contributed by atoms with E-state index in [2.05, 4.69) is 33.2 Å². The van der Waals surface area contributed by atoms with Crippen LogP contribution in [0.4, 0.5) is 5.82 Å². The molecule has 1 aromatic heterocycles. The largest absolute Gasteiger partial charge is 0.381 e. The van der Waals surface area contributed by atoms with Crippen LogP contribution in [-0.2, 0) is 12.8 Å². The van der Waals surface area contributed by atoms with E-state index in [4.69, 9.17) is 10.3 Å². The van der Waals surface area contributed by atoms with E-state index in [0.29, 0.717) is 5.82 Å². The van der Waals surface area contributed by atoms with Gasteiger partial charge in [0.1, 0.15) is 0 Å². The molecule has 3 rings (SSSR count). The molecule has 0 saturated carbocycles. The van der Waals surface area contributed by atoms with Crippen LogP contribution < -0.4 is 5.73 Å². The molecule has 0 amide bonds. The van der Waals surface area contributed by atoms with E-state index in [-0.39, 0.29) is 0 Å². The molecule has 1 heterocycles. The second kappa shape index (κ2) is 3.63. The number of anilines is 1. The van der Waals surface area contributed by atoms with Gasteiger partial charge in [0.25, 0.3) is 0 Å². The number of nitrogens with zero attached hydrogens (tertiary/aromatic N) is 1. The Labute approximate surface area is 102 Å². The van der Waals surface area contributed by atoms with Gasteiger partial charge in [0.05, 0.1) is 0 Å². The zero-order valence-electron chi connectivity index (χ0n) is 8.66. The molecule has 1 aliphatic rings. The number of halogens is 1. The van der Waals surface area contributed by atoms with E-state index >= 15 is 0 Å². The molecular formula is C12H11BrN2O. The topological polar surface area (TPSA) is 52.0 Å². The van der Waals surface area contributed by atoms with Crippen LogP contribution in [-0.4, -0.2) is 5.16 Å². The summed E-state index contributed by atoms with van der Waals surface area (Å²) in [7, 11) is 0. The first-order valence-corrected chi connectivity index (χ1v) is 6.07. The van der Waals surface area contributed by atoms with Crippen LogP contribution >= 0.6 is 15.9 Å². The lowest BCUT2D eigenvalue weighted by Gasteiger charge is -2.06. The van der Waals surface area contributed by atoms with Gasteiger partial charge in [-0.2, -0.15) is 0 Å². The fourth-order valence-electron chi connectivity index (χ4n) is 2.30. The molecule has 0 saturated heterocycles. The van der Waals surface area contributed by atoms with Crippen molar-refractivity contribution in [1.29, 1.82) is 0 Å². The number of fused-ring (bicyclic) bond motifs is 1. The van der Waals surface area contributed by atoms with Crippen LogP contribution in [0.5, 0.6) is 0 Å². The number of hydrogen-bond donors (Lipinski definition) is 1. The third-order valence-electron chi connectivity index (χ3n) is 2.97. The summed E-state index contributed by atoms with van der Waals surface area (Å²) in [6.45, 7) is 0. The van der Waals surface area contributed by atoms with Gasteiger partial charge in [-0.15, -0.1) is 0 Å². The summed E-state index contributed by atoms with van der Waals surface area (Å²) in [6, 6.07) is 6.04. The number of hydrogen-bond acceptors (Lipinski definition) is 3. The van der Waals surface area contributed by atoms with Gasteiger partial charge in [0, 0.05) is 16.1 Å². The summed E-state index contributed by atoms with van der Waals surface area (Å²) >= 11 is 3.53. The molecule has 4 heteroatoms. The molecule has 0 unspecified atom stereocenters. The number of nitrogens with two attached hydrogens (primary N) is 1. The highest BCUT2D eigenvalue weighted by Crippen LogP contribution is 2.35. The molecule has 0 atom stereocenters. The summed E-state index contributed by atoms with van der Waals surface area (Å²) in [4.78, 5) is 0. The fraction of sp³-hybridized carbons (Fsp3) is 0.250. The van der Waals surface area contributed by atoms with Gasteiger partial charge >= 0.3 is 0 Å². The number of aryl methyl sites for hydroxylation is 1. The zero-order chi connectivity index (χ0) is 11.1. The second-order valence-electron chi connectivity index (χ2n) is 4.06. The van der Waals surface area contributed by atoms with Gasteiger partial charge in [-0.3, -0.25) is 0 Å². The van der Waals surface area contributed by atoms with E-state index in [1.54, 1.807) is 6.07 Å². The summed E-state index contributed by atoms with van der Waals surface area (Å²) in [5.74, 6) is 1.19. The van der Waals surface area contributed by atoms with E-state index in [9.17, 15) is 0 Å². The van der Waals surface area contributed by atoms with Crippen molar-refractivity contribution in [3.63, 3.8) is 0 Å². The van der Waals surface area contributed by atoms with Crippen molar-refractivity contribution in [3.05, 3.63) is 33.8 Å². The number of benzene rings is 1. The zero-order valence-corrected chi connectivity index (χ0v) is 10.3. The highest BCUT2D eigenvalue weighted by molar-refractivity contribution is 9.10. The normalized spacial score (nSPS) is 14.1. The van der Waals surface area contributed by atoms with Crippen molar-refractivity contribution in [1.82, 2.24) is 5.16 Å². The van der Waals surface area contributed by atoms with Crippen LogP contribution in [0.15, 0.2) is 27.2 Å². The van der Waals surface area contributed by atoms with Crippen LogP contribution in [0, 0.1) is 0 Å². The molecule has 2 aromatic rings.